The predicted octanol–water partition coefficient (Wildman–Crippen LogP) is 1.92. The highest BCUT2D eigenvalue weighted by Crippen LogP contribution is 2.36. The zero-order valence-electron chi connectivity index (χ0n) is 9.80. The SMILES string of the molecule is Cc1nnc(N2CCc3c(sc(N)c3C#N)C2)s1. The van der Waals surface area contributed by atoms with Crippen LogP contribution < -0.4 is 10.6 Å². The molecule has 0 spiro atoms. The molecule has 92 valence electrons. The van der Waals surface area contributed by atoms with E-state index < -0.39 is 0 Å². The highest BCUT2D eigenvalue weighted by Gasteiger charge is 2.25. The van der Waals surface area contributed by atoms with E-state index in [9.17, 15) is 0 Å². The van der Waals surface area contributed by atoms with Gasteiger partial charge in [-0.05, 0) is 18.9 Å². The molecule has 2 N–H and O–H groups in total. The summed E-state index contributed by atoms with van der Waals surface area (Å²) in [6.07, 6.45) is 0.852. The minimum atomic E-state index is 0.637. The van der Waals surface area contributed by atoms with Crippen LogP contribution in [0.15, 0.2) is 0 Å². The summed E-state index contributed by atoms with van der Waals surface area (Å²) < 4.78 is 0. The number of aromatic nitrogens is 2. The third-order valence-electron chi connectivity index (χ3n) is 2.98. The van der Waals surface area contributed by atoms with Crippen molar-refractivity contribution in [1.82, 2.24) is 10.2 Å². The molecule has 0 bridgehead atoms. The number of hydrogen-bond acceptors (Lipinski definition) is 7. The Balaban J connectivity index is 1.92. The Bertz CT molecular complexity index is 636. The molecule has 0 unspecified atom stereocenters. The summed E-state index contributed by atoms with van der Waals surface area (Å²) in [5.74, 6) is 0. The Kier molecular flexibility index (Phi) is 2.69. The van der Waals surface area contributed by atoms with Gasteiger partial charge in [0.05, 0.1) is 12.1 Å². The minimum Gasteiger partial charge on any atom is -0.389 e. The topological polar surface area (TPSA) is 78.8 Å². The van der Waals surface area contributed by atoms with E-state index in [4.69, 9.17) is 11.0 Å². The average Bonchev–Trinajstić information content (AvgIpc) is 2.90. The van der Waals surface area contributed by atoms with Crippen LogP contribution in [0.3, 0.4) is 0 Å². The Morgan fingerprint density at radius 2 is 2.22 bits per heavy atom. The molecule has 0 aromatic carbocycles. The van der Waals surface area contributed by atoms with E-state index in [0.29, 0.717) is 10.6 Å². The van der Waals surface area contributed by atoms with Crippen molar-refractivity contribution in [3.05, 3.63) is 21.0 Å². The summed E-state index contributed by atoms with van der Waals surface area (Å²) in [5.41, 5.74) is 7.66. The number of nitrogen functional groups attached to an aromatic ring is 1. The molecule has 7 heteroatoms. The molecular formula is C11H11N5S2. The van der Waals surface area contributed by atoms with Crippen LogP contribution in [0, 0.1) is 18.3 Å². The molecule has 0 fully saturated rings. The van der Waals surface area contributed by atoms with Gasteiger partial charge in [0.2, 0.25) is 5.13 Å². The fourth-order valence-corrected chi connectivity index (χ4v) is 3.92. The summed E-state index contributed by atoms with van der Waals surface area (Å²) in [7, 11) is 0. The summed E-state index contributed by atoms with van der Waals surface area (Å²) in [6.45, 7) is 3.60. The molecule has 3 heterocycles. The second-order valence-corrected chi connectivity index (χ2v) is 6.43. The number of fused-ring (bicyclic) bond motifs is 1. The normalized spacial score (nSPS) is 14.3. The van der Waals surface area contributed by atoms with Crippen LogP contribution in [-0.2, 0) is 13.0 Å². The average molecular weight is 277 g/mol. The van der Waals surface area contributed by atoms with Gasteiger partial charge < -0.3 is 10.6 Å². The largest absolute Gasteiger partial charge is 0.389 e. The van der Waals surface area contributed by atoms with Crippen molar-refractivity contribution >= 4 is 32.8 Å². The van der Waals surface area contributed by atoms with Gasteiger partial charge in [0.1, 0.15) is 16.1 Å². The van der Waals surface area contributed by atoms with Gasteiger partial charge in [-0.15, -0.1) is 21.5 Å². The van der Waals surface area contributed by atoms with Gasteiger partial charge in [-0.1, -0.05) is 11.3 Å². The molecule has 0 amide bonds. The van der Waals surface area contributed by atoms with E-state index in [1.165, 1.54) is 16.2 Å². The third-order valence-corrected chi connectivity index (χ3v) is 4.93. The third kappa shape index (κ3) is 1.74. The van der Waals surface area contributed by atoms with Crippen molar-refractivity contribution in [2.24, 2.45) is 0 Å². The molecule has 0 saturated heterocycles. The van der Waals surface area contributed by atoms with Crippen LogP contribution in [0.4, 0.5) is 10.1 Å². The lowest BCUT2D eigenvalue weighted by atomic mass is 10.0. The second-order valence-electron chi connectivity index (χ2n) is 4.13. The smallest absolute Gasteiger partial charge is 0.208 e. The molecule has 3 rings (SSSR count). The van der Waals surface area contributed by atoms with Crippen LogP contribution in [0.2, 0.25) is 0 Å². The van der Waals surface area contributed by atoms with Gasteiger partial charge in [0, 0.05) is 11.4 Å². The molecule has 1 aliphatic heterocycles. The molecule has 1 aliphatic rings. The maximum atomic E-state index is 9.09. The van der Waals surface area contributed by atoms with E-state index in [2.05, 4.69) is 21.2 Å². The van der Waals surface area contributed by atoms with Gasteiger partial charge in [0.15, 0.2) is 0 Å². The summed E-state index contributed by atoms with van der Waals surface area (Å²) in [4.78, 5) is 3.38. The molecule has 2 aromatic heterocycles. The monoisotopic (exact) mass is 277 g/mol. The zero-order chi connectivity index (χ0) is 12.7. The molecule has 0 radical (unpaired) electrons. The van der Waals surface area contributed by atoms with Crippen molar-refractivity contribution in [1.29, 1.82) is 5.26 Å². The molecular weight excluding hydrogens is 266 g/mol. The highest BCUT2D eigenvalue weighted by molar-refractivity contribution is 7.16. The Morgan fingerprint density at radius 1 is 1.39 bits per heavy atom. The second kappa shape index (κ2) is 4.23. The first-order valence-electron chi connectivity index (χ1n) is 5.54. The van der Waals surface area contributed by atoms with Gasteiger partial charge in [-0.3, -0.25) is 0 Å². The quantitative estimate of drug-likeness (QED) is 0.861. The first kappa shape index (κ1) is 11.4. The van der Waals surface area contributed by atoms with Crippen LogP contribution in [-0.4, -0.2) is 16.7 Å². The molecule has 0 saturated carbocycles. The Morgan fingerprint density at radius 3 is 2.89 bits per heavy atom. The Labute approximate surface area is 112 Å². The van der Waals surface area contributed by atoms with E-state index >= 15 is 0 Å². The lowest BCUT2D eigenvalue weighted by Crippen LogP contribution is -2.29. The molecule has 18 heavy (non-hydrogen) atoms. The standard InChI is InChI=1S/C11H11N5S2/c1-6-14-15-11(17-6)16-3-2-7-8(4-12)10(13)18-9(7)5-16/h2-3,5,13H2,1H3. The summed E-state index contributed by atoms with van der Waals surface area (Å²) >= 11 is 3.11. The van der Waals surface area contributed by atoms with Crippen LogP contribution in [0.1, 0.15) is 21.0 Å². The number of nitriles is 1. The molecule has 2 aromatic rings. The van der Waals surface area contributed by atoms with Crippen molar-refractivity contribution in [2.45, 2.75) is 19.9 Å². The first-order valence-corrected chi connectivity index (χ1v) is 7.17. The van der Waals surface area contributed by atoms with Gasteiger partial charge >= 0.3 is 0 Å². The van der Waals surface area contributed by atoms with Crippen LogP contribution in [0.25, 0.3) is 0 Å². The molecule has 0 aliphatic carbocycles. The molecule has 0 atom stereocenters. The molecule has 5 nitrogen and oxygen atoms in total. The van der Waals surface area contributed by atoms with Crippen LogP contribution >= 0.6 is 22.7 Å². The number of nitrogens with two attached hydrogens (primary N) is 1. The zero-order valence-corrected chi connectivity index (χ0v) is 11.4. The number of hydrogen-bond donors (Lipinski definition) is 1. The van der Waals surface area contributed by atoms with Gasteiger partial charge in [0.25, 0.3) is 0 Å². The van der Waals surface area contributed by atoms with E-state index in [1.54, 1.807) is 11.3 Å². The highest BCUT2D eigenvalue weighted by atomic mass is 32.1. The lowest BCUT2D eigenvalue weighted by molar-refractivity contribution is 0.734. The first-order chi connectivity index (χ1) is 8.69. The van der Waals surface area contributed by atoms with Crippen molar-refractivity contribution in [3.63, 3.8) is 0 Å². The van der Waals surface area contributed by atoms with Gasteiger partial charge in [-0.2, -0.15) is 5.26 Å². The number of aryl methyl sites for hydroxylation is 1. The van der Waals surface area contributed by atoms with Crippen molar-refractivity contribution in [2.75, 3.05) is 17.2 Å². The van der Waals surface area contributed by atoms with Crippen molar-refractivity contribution in [3.8, 4) is 6.07 Å². The van der Waals surface area contributed by atoms with Crippen molar-refractivity contribution < 1.29 is 0 Å². The number of nitrogens with zero attached hydrogens (tertiary/aromatic N) is 4. The maximum absolute atomic E-state index is 9.09. The number of thiophene rings is 1. The fourth-order valence-electron chi connectivity index (χ4n) is 2.12. The summed E-state index contributed by atoms with van der Waals surface area (Å²) in [6, 6.07) is 2.20. The van der Waals surface area contributed by atoms with E-state index in [0.717, 1.165) is 35.2 Å². The fraction of sp³-hybridized carbons (Fsp3) is 0.364. The Hall–Kier alpha value is -1.65. The van der Waals surface area contributed by atoms with E-state index in [-0.39, 0.29) is 0 Å². The summed E-state index contributed by atoms with van der Waals surface area (Å²) in [5, 5.41) is 19.9. The maximum Gasteiger partial charge on any atom is 0.208 e. The number of rotatable bonds is 1. The number of anilines is 2. The van der Waals surface area contributed by atoms with Gasteiger partial charge in [-0.25, -0.2) is 0 Å². The minimum absolute atomic E-state index is 0.637. The lowest BCUT2D eigenvalue weighted by Gasteiger charge is -2.25. The van der Waals surface area contributed by atoms with Crippen LogP contribution in [0.5, 0.6) is 0 Å². The predicted molar refractivity (Wildman–Crippen MR) is 72.8 cm³/mol. The van der Waals surface area contributed by atoms with E-state index in [1.807, 2.05) is 6.92 Å².